The molecule has 31 heavy (non-hydrogen) atoms. The fourth-order valence-electron chi connectivity index (χ4n) is 2.79. The number of nitrogens with zero attached hydrogens (tertiary/aromatic N) is 4. The van der Waals surface area contributed by atoms with E-state index in [0.29, 0.717) is 22.2 Å². The predicted octanol–water partition coefficient (Wildman–Crippen LogP) is 1.55. The van der Waals surface area contributed by atoms with Crippen molar-refractivity contribution in [2.45, 2.75) is 6.92 Å². The number of aryl methyl sites for hydroxylation is 1. The number of likely N-dealkylation sites (N-methyl/N-ethyl adjacent to an activating group) is 1. The Kier molecular flexibility index (Phi) is 6.44. The zero-order valence-corrected chi connectivity index (χ0v) is 17.7. The summed E-state index contributed by atoms with van der Waals surface area (Å²) >= 11 is 0. The van der Waals surface area contributed by atoms with E-state index in [2.05, 4.69) is 15.6 Å². The molecule has 0 aliphatic heterocycles. The van der Waals surface area contributed by atoms with Crippen LogP contribution < -0.4 is 15.7 Å². The summed E-state index contributed by atoms with van der Waals surface area (Å²) in [6.45, 7) is 1.70. The average molecular weight is 421 g/mol. The summed E-state index contributed by atoms with van der Waals surface area (Å²) in [6.07, 6.45) is 0. The summed E-state index contributed by atoms with van der Waals surface area (Å²) in [7, 11) is 4.82. The number of ether oxygens (including phenoxy) is 1. The summed E-state index contributed by atoms with van der Waals surface area (Å²) in [6, 6.07) is 13.8. The molecule has 1 heterocycles. The minimum Gasteiger partial charge on any atom is -0.484 e. The van der Waals surface area contributed by atoms with Gasteiger partial charge in [-0.05, 0) is 42.8 Å². The molecular weight excluding hydrogens is 398 g/mol. The van der Waals surface area contributed by atoms with Gasteiger partial charge < -0.3 is 9.64 Å². The number of rotatable bonds is 6. The van der Waals surface area contributed by atoms with E-state index in [-0.39, 0.29) is 23.8 Å². The quantitative estimate of drug-likeness (QED) is 0.480. The van der Waals surface area contributed by atoms with E-state index in [0.717, 1.165) is 10.2 Å². The van der Waals surface area contributed by atoms with E-state index in [4.69, 9.17) is 4.74 Å². The Morgan fingerprint density at radius 2 is 1.74 bits per heavy atom. The topological polar surface area (TPSA) is 106 Å². The predicted molar refractivity (Wildman–Crippen MR) is 117 cm³/mol. The smallest absolute Gasteiger partial charge is 0.292 e. The number of hydrogen-bond acceptors (Lipinski definition) is 6. The van der Waals surface area contributed by atoms with Gasteiger partial charge in [0.15, 0.2) is 12.3 Å². The molecule has 0 saturated carbocycles. The molecule has 0 aliphatic rings. The first-order valence-electron chi connectivity index (χ1n) is 9.52. The van der Waals surface area contributed by atoms with Crippen molar-refractivity contribution < 1.29 is 14.3 Å². The Labute approximate surface area is 178 Å². The molecule has 0 fully saturated rings. The van der Waals surface area contributed by atoms with Crippen LogP contribution in [0.5, 0.6) is 5.75 Å². The third-order valence-corrected chi connectivity index (χ3v) is 4.63. The van der Waals surface area contributed by atoms with E-state index in [1.54, 1.807) is 69.6 Å². The van der Waals surface area contributed by atoms with Crippen molar-refractivity contribution in [2.24, 2.45) is 12.1 Å². The van der Waals surface area contributed by atoms with Gasteiger partial charge in [0.25, 0.3) is 17.4 Å². The van der Waals surface area contributed by atoms with Crippen molar-refractivity contribution >= 4 is 28.3 Å². The number of fused-ring (bicyclic) bond motifs is 1. The number of hydrogen-bond donors (Lipinski definition) is 1. The third-order valence-electron chi connectivity index (χ3n) is 4.63. The second-order valence-corrected chi connectivity index (χ2v) is 7.06. The van der Waals surface area contributed by atoms with Gasteiger partial charge in [-0.25, -0.2) is 10.1 Å². The lowest BCUT2D eigenvalue weighted by Crippen LogP contribution is -2.27. The fraction of sp³-hybridized carbons (Fsp3) is 0.227. The van der Waals surface area contributed by atoms with Crippen LogP contribution in [0.15, 0.2) is 58.4 Å². The van der Waals surface area contributed by atoms with Crippen LogP contribution in [0.3, 0.4) is 0 Å². The molecule has 1 N–H and O–H groups in total. The Morgan fingerprint density at radius 1 is 1.10 bits per heavy atom. The number of aromatic nitrogens is 2. The SMILES string of the molecule is C/C(=N\NC(=O)c1nn(C)c(=O)c2ccccc12)c1ccc(OCC(=O)N(C)C)cc1. The second kappa shape index (κ2) is 9.21. The molecule has 160 valence electrons. The van der Waals surface area contributed by atoms with E-state index < -0.39 is 5.91 Å². The third kappa shape index (κ3) is 4.95. The van der Waals surface area contributed by atoms with Gasteiger partial charge in [0.2, 0.25) is 0 Å². The van der Waals surface area contributed by atoms with Crippen molar-refractivity contribution in [1.29, 1.82) is 0 Å². The molecule has 2 amide bonds. The summed E-state index contributed by atoms with van der Waals surface area (Å²) in [5.74, 6) is -0.103. The van der Waals surface area contributed by atoms with Crippen LogP contribution >= 0.6 is 0 Å². The second-order valence-electron chi connectivity index (χ2n) is 7.06. The highest BCUT2D eigenvalue weighted by Gasteiger charge is 2.15. The van der Waals surface area contributed by atoms with Crippen molar-refractivity contribution in [3.63, 3.8) is 0 Å². The maximum atomic E-state index is 12.7. The molecule has 9 nitrogen and oxygen atoms in total. The molecule has 3 rings (SSSR count). The first-order valence-corrected chi connectivity index (χ1v) is 9.52. The van der Waals surface area contributed by atoms with Gasteiger partial charge in [0.1, 0.15) is 5.75 Å². The summed E-state index contributed by atoms with van der Waals surface area (Å²) < 4.78 is 6.58. The molecule has 0 radical (unpaired) electrons. The lowest BCUT2D eigenvalue weighted by atomic mass is 10.1. The van der Waals surface area contributed by atoms with Gasteiger partial charge >= 0.3 is 0 Å². The lowest BCUT2D eigenvalue weighted by molar-refractivity contribution is -0.130. The van der Waals surface area contributed by atoms with Gasteiger partial charge in [0, 0.05) is 26.5 Å². The average Bonchev–Trinajstić information content (AvgIpc) is 2.78. The highest BCUT2D eigenvalue weighted by atomic mass is 16.5. The van der Waals surface area contributed by atoms with Crippen LogP contribution in [0.1, 0.15) is 23.0 Å². The first-order chi connectivity index (χ1) is 14.8. The maximum absolute atomic E-state index is 12.7. The van der Waals surface area contributed by atoms with Crippen LogP contribution in [0.2, 0.25) is 0 Å². The largest absolute Gasteiger partial charge is 0.484 e. The minimum absolute atomic E-state index is 0.0456. The fourth-order valence-corrected chi connectivity index (χ4v) is 2.79. The Balaban J connectivity index is 1.73. The monoisotopic (exact) mass is 421 g/mol. The number of nitrogens with one attached hydrogen (secondary N) is 1. The molecule has 0 bridgehead atoms. The molecule has 3 aromatic rings. The van der Waals surface area contributed by atoms with E-state index in [9.17, 15) is 14.4 Å². The van der Waals surface area contributed by atoms with Crippen LogP contribution in [-0.2, 0) is 11.8 Å². The van der Waals surface area contributed by atoms with Crippen LogP contribution in [-0.4, -0.2) is 52.9 Å². The van der Waals surface area contributed by atoms with Gasteiger partial charge in [-0.1, -0.05) is 18.2 Å². The zero-order chi connectivity index (χ0) is 22.5. The van der Waals surface area contributed by atoms with Crippen molar-refractivity contribution in [1.82, 2.24) is 20.1 Å². The number of hydrazone groups is 1. The van der Waals surface area contributed by atoms with Crippen molar-refractivity contribution in [2.75, 3.05) is 20.7 Å². The maximum Gasteiger partial charge on any atom is 0.292 e. The van der Waals surface area contributed by atoms with Crippen LogP contribution in [0.4, 0.5) is 0 Å². The number of carbonyl (C=O) groups excluding carboxylic acids is 2. The summed E-state index contributed by atoms with van der Waals surface area (Å²) in [5, 5.41) is 9.10. The van der Waals surface area contributed by atoms with Gasteiger partial charge in [-0.2, -0.15) is 10.2 Å². The van der Waals surface area contributed by atoms with Crippen LogP contribution in [0.25, 0.3) is 10.8 Å². The normalized spacial score (nSPS) is 11.3. The highest BCUT2D eigenvalue weighted by Crippen LogP contribution is 2.14. The van der Waals surface area contributed by atoms with E-state index in [1.807, 2.05) is 0 Å². The first kappa shape index (κ1) is 21.7. The summed E-state index contributed by atoms with van der Waals surface area (Å²) in [4.78, 5) is 37.9. The molecule has 1 aromatic heterocycles. The Hall–Kier alpha value is -4.01. The number of amides is 2. The summed E-state index contributed by atoms with van der Waals surface area (Å²) in [5.41, 5.74) is 3.67. The van der Waals surface area contributed by atoms with Crippen molar-refractivity contribution in [3.05, 3.63) is 70.1 Å². The van der Waals surface area contributed by atoms with E-state index in [1.165, 1.54) is 11.9 Å². The molecule has 2 aromatic carbocycles. The molecule has 0 unspecified atom stereocenters. The number of benzene rings is 2. The molecule has 0 saturated heterocycles. The molecule has 9 heteroatoms. The minimum atomic E-state index is -0.520. The lowest BCUT2D eigenvalue weighted by Gasteiger charge is -2.11. The van der Waals surface area contributed by atoms with Crippen molar-refractivity contribution in [3.8, 4) is 5.75 Å². The Morgan fingerprint density at radius 3 is 2.39 bits per heavy atom. The molecule has 0 spiro atoms. The highest BCUT2D eigenvalue weighted by molar-refractivity contribution is 6.06. The molecule has 0 aliphatic carbocycles. The van der Waals surface area contributed by atoms with Gasteiger partial charge in [0.05, 0.1) is 11.1 Å². The zero-order valence-electron chi connectivity index (χ0n) is 17.7. The van der Waals surface area contributed by atoms with Gasteiger partial charge in [-0.3, -0.25) is 14.4 Å². The Bertz CT molecular complexity index is 1210. The molecular formula is C22H23N5O4. The van der Waals surface area contributed by atoms with Gasteiger partial charge in [-0.15, -0.1) is 0 Å². The van der Waals surface area contributed by atoms with Crippen LogP contribution in [0, 0.1) is 0 Å². The number of carbonyl (C=O) groups is 2. The molecule has 0 atom stereocenters. The standard InChI is InChI=1S/C22H23N5O4/c1-14(15-9-11-16(12-10-15)31-13-19(28)26(2)3)23-24-21(29)20-17-7-5-6-8-18(17)22(30)27(4)25-20/h5-12H,13H2,1-4H3,(H,24,29)/b23-14+. The van der Waals surface area contributed by atoms with E-state index >= 15 is 0 Å².